The molecule has 0 saturated carbocycles. The number of carbonyl (C=O) groups is 3. The number of ether oxygens (including phenoxy) is 1. The standard InChI is InChI=1S/C26H22Cl2N2O5/c1-2-22(25(32)33)29-24(31)14-11-20(27)23(21(28)12-14)30-26(34)35-13-19-17-9-5-3-7-15(17)16-8-4-6-10-18(16)19/h3-12,19,22H,2,13H2,1H3,(H,29,31)(H,30,34)(H,32,33)/t22-/m1/s1. The number of carboxylic acids is 1. The largest absolute Gasteiger partial charge is 0.480 e. The third kappa shape index (κ3) is 5.11. The highest BCUT2D eigenvalue weighted by atomic mass is 35.5. The molecular formula is C26H22Cl2N2O5. The minimum absolute atomic E-state index is 0.0135. The van der Waals surface area contributed by atoms with Gasteiger partial charge in [0.25, 0.3) is 5.91 Å². The number of carboxylic acid groups (broad SMARTS) is 1. The van der Waals surface area contributed by atoms with Crippen LogP contribution in [-0.4, -0.2) is 35.7 Å². The van der Waals surface area contributed by atoms with E-state index in [0.29, 0.717) is 0 Å². The van der Waals surface area contributed by atoms with E-state index in [0.717, 1.165) is 22.3 Å². The van der Waals surface area contributed by atoms with Gasteiger partial charge in [0, 0.05) is 11.5 Å². The van der Waals surface area contributed by atoms with Crippen molar-refractivity contribution in [1.82, 2.24) is 5.32 Å². The Morgan fingerprint density at radius 3 is 2.03 bits per heavy atom. The van der Waals surface area contributed by atoms with Gasteiger partial charge in [0.05, 0.1) is 15.7 Å². The Morgan fingerprint density at radius 2 is 1.51 bits per heavy atom. The molecule has 1 aliphatic rings. The van der Waals surface area contributed by atoms with E-state index in [2.05, 4.69) is 10.6 Å². The lowest BCUT2D eigenvalue weighted by Crippen LogP contribution is -2.40. The molecule has 0 bridgehead atoms. The van der Waals surface area contributed by atoms with Gasteiger partial charge in [-0.15, -0.1) is 0 Å². The lowest BCUT2D eigenvalue weighted by molar-refractivity contribution is -0.139. The number of aliphatic carboxylic acids is 1. The third-order valence-electron chi connectivity index (χ3n) is 5.89. The molecule has 0 heterocycles. The molecule has 3 aromatic carbocycles. The molecule has 35 heavy (non-hydrogen) atoms. The fourth-order valence-corrected chi connectivity index (χ4v) is 4.72. The molecule has 3 aromatic rings. The quantitative estimate of drug-likeness (QED) is 0.362. The van der Waals surface area contributed by atoms with Crippen molar-refractivity contribution in [2.24, 2.45) is 0 Å². The SMILES string of the molecule is CC[C@@H](NC(=O)c1cc(Cl)c(NC(=O)OCC2c3ccccc3-c3ccccc32)c(Cl)c1)C(=O)O. The zero-order valence-corrected chi connectivity index (χ0v) is 20.2. The van der Waals surface area contributed by atoms with E-state index in [1.165, 1.54) is 12.1 Å². The van der Waals surface area contributed by atoms with E-state index >= 15 is 0 Å². The molecule has 0 radical (unpaired) electrons. The monoisotopic (exact) mass is 512 g/mol. The van der Waals surface area contributed by atoms with Crippen LogP contribution in [0.3, 0.4) is 0 Å². The Kier molecular flexibility index (Phi) is 7.28. The molecule has 0 aromatic heterocycles. The van der Waals surface area contributed by atoms with Gasteiger partial charge in [-0.3, -0.25) is 10.1 Å². The zero-order chi connectivity index (χ0) is 25.1. The van der Waals surface area contributed by atoms with E-state index < -0.39 is 24.0 Å². The number of anilines is 1. The maximum absolute atomic E-state index is 12.6. The minimum Gasteiger partial charge on any atom is -0.480 e. The van der Waals surface area contributed by atoms with E-state index in [9.17, 15) is 14.4 Å². The second kappa shape index (κ2) is 10.4. The number of halogens is 2. The van der Waals surface area contributed by atoms with Gasteiger partial charge in [-0.25, -0.2) is 9.59 Å². The molecule has 0 fully saturated rings. The molecule has 1 aliphatic carbocycles. The Hall–Kier alpha value is -3.55. The number of hydrogen-bond donors (Lipinski definition) is 3. The van der Waals surface area contributed by atoms with Crippen molar-refractivity contribution in [3.05, 3.63) is 87.4 Å². The summed E-state index contributed by atoms with van der Waals surface area (Å²) in [7, 11) is 0. The highest BCUT2D eigenvalue weighted by molar-refractivity contribution is 6.40. The van der Waals surface area contributed by atoms with Crippen molar-refractivity contribution in [2.45, 2.75) is 25.3 Å². The van der Waals surface area contributed by atoms with Crippen LogP contribution >= 0.6 is 23.2 Å². The topological polar surface area (TPSA) is 105 Å². The van der Waals surface area contributed by atoms with Gasteiger partial charge in [-0.2, -0.15) is 0 Å². The van der Waals surface area contributed by atoms with E-state index in [1.54, 1.807) is 6.92 Å². The number of hydrogen-bond acceptors (Lipinski definition) is 4. The minimum atomic E-state index is -1.15. The second-order valence-corrected chi connectivity index (χ2v) is 8.85. The third-order valence-corrected chi connectivity index (χ3v) is 6.48. The van der Waals surface area contributed by atoms with Crippen molar-refractivity contribution < 1.29 is 24.2 Å². The number of nitrogens with one attached hydrogen (secondary N) is 2. The fraction of sp³-hybridized carbons (Fsp3) is 0.192. The van der Waals surface area contributed by atoms with Gasteiger partial charge < -0.3 is 15.2 Å². The predicted molar refractivity (Wildman–Crippen MR) is 134 cm³/mol. The predicted octanol–water partition coefficient (Wildman–Crippen LogP) is 5.95. The van der Waals surface area contributed by atoms with E-state index in [4.69, 9.17) is 33.0 Å². The van der Waals surface area contributed by atoms with Crippen LogP contribution in [0.2, 0.25) is 10.0 Å². The van der Waals surface area contributed by atoms with Crippen molar-refractivity contribution in [3.63, 3.8) is 0 Å². The number of fused-ring (bicyclic) bond motifs is 3. The number of carbonyl (C=O) groups excluding carboxylic acids is 2. The number of amides is 2. The molecule has 0 aliphatic heterocycles. The van der Waals surface area contributed by atoms with Crippen molar-refractivity contribution >= 4 is 46.9 Å². The Balaban J connectivity index is 1.44. The zero-order valence-electron chi connectivity index (χ0n) is 18.7. The summed E-state index contributed by atoms with van der Waals surface area (Å²) in [6.45, 7) is 1.75. The molecule has 1 atom stereocenters. The summed E-state index contributed by atoms with van der Waals surface area (Å²) in [6.07, 6.45) is -0.533. The molecule has 0 spiro atoms. The molecule has 180 valence electrons. The van der Waals surface area contributed by atoms with Crippen molar-refractivity contribution in [3.8, 4) is 11.1 Å². The highest BCUT2D eigenvalue weighted by Gasteiger charge is 2.29. The summed E-state index contributed by atoms with van der Waals surface area (Å²) in [6, 6.07) is 17.6. The van der Waals surface area contributed by atoms with Crippen LogP contribution in [-0.2, 0) is 9.53 Å². The van der Waals surface area contributed by atoms with Gasteiger partial charge in [0.15, 0.2) is 0 Å². The van der Waals surface area contributed by atoms with Crippen LogP contribution in [0.4, 0.5) is 10.5 Å². The summed E-state index contributed by atoms with van der Waals surface area (Å²) in [5.41, 5.74) is 4.56. The molecular weight excluding hydrogens is 491 g/mol. The Bertz CT molecular complexity index is 1240. The average molecular weight is 513 g/mol. The van der Waals surface area contributed by atoms with Crippen molar-refractivity contribution in [1.29, 1.82) is 0 Å². The van der Waals surface area contributed by atoms with Gasteiger partial charge >= 0.3 is 12.1 Å². The van der Waals surface area contributed by atoms with Crippen LogP contribution < -0.4 is 10.6 Å². The summed E-state index contributed by atoms with van der Waals surface area (Å²) >= 11 is 12.5. The molecule has 0 saturated heterocycles. The maximum Gasteiger partial charge on any atom is 0.411 e. The molecule has 3 N–H and O–H groups in total. The number of rotatable bonds is 7. The van der Waals surface area contributed by atoms with Gasteiger partial charge in [-0.05, 0) is 40.8 Å². The second-order valence-electron chi connectivity index (χ2n) is 8.04. The Labute approximate surface area is 212 Å². The van der Waals surface area contributed by atoms with E-state index in [-0.39, 0.29) is 40.2 Å². The lowest BCUT2D eigenvalue weighted by Gasteiger charge is -2.16. The fourth-order valence-electron chi connectivity index (χ4n) is 4.14. The first-order chi connectivity index (χ1) is 16.8. The van der Waals surface area contributed by atoms with Crippen LogP contribution in [0.5, 0.6) is 0 Å². The summed E-state index contributed by atoms with van der Waals surface area (Å²) < 4.78 is 5.51. The lowest BCUT2D eigenvalue weighted by atomic mass is 9.98. The average Bonchev–Trinajstić information content (AvgIpc) is 3.16. The van der Waals surface area contributed by atoms with Crippen LogP contribution in [0.15, 0.2) is 60.7 Å². The molecule has 2 amide bonds. The van der Waals surface area contributed by atoms with Gasteiger partial charge in [0.2, 0.25) is 0 Å². The molecule has 7 nitrogen and oxygen atoms in total. The Morgan fingerprint density at radius 1 is 0.971 bits per heavy atom. The number of benzene rings is 3. The maximum atomic E-state index is 12.6. The van der Waals surface area contributed by atoms with Crippen LogP contribution in [0.25, 0.3) is 11.1 Å². The van der Waals surface area contributed by atoms with Gasteiger partial charge in [0.1, 0.15) is 12.6 Å². The highest BCUT2D eigenvalue weighted by Crippen LogP contribution is 2.44. The summed E-state index contributed by atoms with van der Waals surface area (Å²) in [5.74, 6) is -1.90. The molecule has 4 rings (SSSR count). The molecule has 9 heteroatoms. The van der Waals surface area contributed by atoms with Crippen LogP contribution in [0.1, 0.15) is 40.7 Å². The first-order valence-electron chi connectivity index (χ1n) is 10.9. The van der Waals surface area contributed by atoms with E-state index in [1.807, 2.05) is 48.5 Å². The van der Waals surface area contributed by atoms with Crippen LogP contribution in [0, 0.1) is 0 Å². The summed E-state index contributed by atoms with van der Waals surface area (Å²) in [4.78, 5) is 36.2. The summed E-state index contributed by atoms with van der Waals surface area (Å²) in [5, 5.41) is 14.1. The normalized spacial score (nSPS) is 12.9. The first kappa shape index (κ1) is 24.6. The molecule has 0 unspecified atom stereocenters. The first-order valence-corrected chi connectivity index (χ1v) is 11.7. The van der Waals surface area contributed by atoms with Gasteiger partial charge in [-0.1, -0.05) is 78.7 Å². The van der Waals surface area contributed by atoms with Crippen molar-refractivity contribution in [2.75, 3.05) is 11.9 Å². The smallest absolute Gasteiger partial charge is 0.411 e.